The molecule has 4 aromatic rings. The van der Waals surface area contributed by atoms with Gasteiger partial charge < -0.3 is 4.90 Å². The van der Waals surface area contributed by atoms with Gasteiger partial charge in [-0.3, -0.25) is 0 Å². The van der Waals surface area contributed by atoms with Gasteiger partial charge in [-0.1, -0.05) is 35.6 Å². The molecule has 0 aliphatic heterocycles. The van der Waals surface area contributed by atoms with E-state index in [0.29, 0.717) is 0 Å². The van der Waals surface area contributed by atoms with Gasteiger partial charge in [-0.15, -0.1) is 10.2 Å². The zero-order valence-electron chi connectivity index (χ0n) is 16.6. The molecule has 0 saturated heterocycles. The Kier molecular flexibility index (Phi) is 7.31. The molecule has 0 bridgehead atoms. The summed E-state index contributed by atoms with van der Waals surface area (Å²) in [6.07, 6.45) is 0. The molecule has 0 aliphatic carbocycles. The van der Waals surface area contributed by atoms with E-state index in [9.17, 15) is 0 Å². The van der Waals surface area contributed by atoms with E-state index in [1.807, 2.05) is 26.2 Å². The predicted octanol–water partition coefficient (Wildman–Crippen LogP) is 1.70. The maximum absolute atomic E-state index is 8.49. The first-order valence-electron chi connectivity index (χ1n) is 8.97. The number of hydrogen-bond acceptors (Lipinski definition) is 5. The summed E-state index contributed by atoms with van der Waals surface area (Å²) in [5, 5.41) is 3.02. The Balaban J connectivity index is 0.000000491. The van der Waals surface area contributed by atoms with Gasteiger partial charge in [0.15, 0.2) is 0 Å². The van der Waals surface area contributed by atoms with Crippen molar-refractivity contribution in [2.45, 2.75) is 0 Å². The fraction of sp³-hybridized carbons (Fsp3) is 0.0870. The average molecular weight is 474 g/mol. The minimum absolute atomic E-state index is 0.735. The van der Waals surface area contributed by atoms with Crippen molar-refractivity contribution >= 4 is 48.8 Å². The van der Waals surface area contributed by atoms with Crippen molar-refractivity contribution in [3.05, 3.63) is 82.9 Å². The van der Waals surface area contributed by atoms with Crippen LogP contribution in [0.4, 0.5) is 5.69 Å². The third kappa shape index (κ3) is 6.50. The van der Waals surface area contributed by atoms with Crippen LogP contribution in [0.3, 0.4) is 0 Å². The van der Waals surface area contributed by atoms with Crippen molar-refractivity contribution in [2.75, 3.05) is 19.0 Å². The lowest BCUT2D eigenvalue weighted by Gasteiger charge is -2.17. The zero-order chi connectivity index (χ0) is 22.6. The standard InChI is InChI=1S/C23H17ClNS.ClHO4/c1-25(2)18-11-7-16(8-12-18)9-13-19-20-5-3-4-6-22(20)26-23-14-10-17(24)15-21(19)23;2-1(3,4)5/h3-8,10-12,14-15H,1-2H3;(H,2,3,4,5)/q+1;/p-1. The van der Waals surface area contributed by atoms with E-state index in [0.717, 1.165) is 21.5 Å². The molecule has 1 heterocycles. The molecular formula is C23H17Cl2NO4S. The first kappa shape index (κ1) is 23.2. The molecule has 4 rings (SSSR count). The van der Waals surface area contributed by atoms with E-state index in [-0.39, 0.29) is 0 Å². The molecule has 1 aromatic heterocycles. The minimum Gasteiger partial charge on any atom is -0.378 e. The molecule has 3 aromatic carbocycles. The number of fused-ring (bicyclic) bond motifs is 2. The van der Waals surface area contributed by atoms with Gasteiger partial charge >= 0.3 is 0 Å². The molecule has 0 atom stereocenters. The van der Waals surface area contributed by atoms with Crippen LogP contribution in [-0.2, 0) is 0 Å². The van der Waals surface area contributed by atoms with E-state index in [2.05, 4.69) is 71.3 Å². The number of halogens is 2. The van der Waals surface area contributed by atoms with Gasteiger partial charge in [-0.25, -0.2) is 18.6 Å². The highest BCUT2D eigenvalue weighted by Gasteiger charge is 2.16. The SMILES string of the molecule is CN(C)c1ccc(C#Cc2c3ccccc3[s+]c3ccc(Cl)cc23)cc1.[O-][Cl+3]([O-])([O-])[O-]. The maximum Gasteiger partial charge on any atom is 0.240 e. The van der Waals surface area contributed by atoms with E-state index in [4.69, 9.17) is 30.2 Å². The molecule has 0 spiro atoms. The normalized spacial score (nSPS) is 10.8. The van der Waals surface area contributed by atoms with Gasteiger partial charge in [0.1, 0.15) is 0 Å². The topological polar surface area (TPSA) is 95.5 Å². The number of benzene rings is 3. The van der Waals surface area contributed by atoms with E-state index in [1.165, 1.54) is 20.5 Å². The molecule has 0 amide bonds. The van der Waals surface area contributed by atoms with Crippen LogP contribution in [0.5, 0.6) is 0 Å². The molecule has 0 aliphatic rings. The van der Waals surface area contributed by atoms with Crippen molar-refractivity contribution in [3.63, 3.8) is 0 Å². The minimum atomic E-state index is -4.94. The highest BCUT2D eigenvalue weighted by atomic mass is 35.7. The van der Waals surface area contributed by atoms with Crippen molar-refractivity contribution in [1.82, 2.24) is 0 Å². The molecule has 31 heavy (non-hydrogen) atoms. The van der Waals surface area contributed by atoms with Gasteiger partial charge in [0.25, 0.3) is 0 Å². The number of hydrogen-bond donors (Lipinski definition) is 0. The fourth-order valence-corrected chi connectivity index (χ4v) is 4.17. The number of rotatable bonds is 1. The zero-order valence-corrected chi connectivity index (χ0v) is 18.9. The molecule has 0 fully saturated rings. The maximum atomic E-state index is 8.49. The Bertz CT molecular complexity index is 1270. The summed E-state index contributed by atoms with van der Waals surface area (Å²) < 4.78 is 36.4. The Morgan fingerprint density at radius 3 is 2.06 bits per heavy atom. The molecule has 0 N–H and O–H groups in total. The lowest BCUT2D eigenvalue weighted by atomic mass is 10.1. The summed E-state index contributed by atoms with van der Waals surface area (Å²) in [4.78, 5) is 2.08. The number of nitrogens with zero attached hydrogens (tertiary/aromatic N) is 1. The van der Waals surface area contributed by atoms with Gasteiger partial charge in [0, 0.05) is 42.5 Å². The molecule has 5 nitrogen and oxygen atoms in total. The predicted molar refractivity (Wildman–Crippen MR) is 115 cm³/mol. The summed E-state index contributed by atoms with van der Waals surface area (Å²) in [7, 11) is -0.873. The van der Waals surface area contributed by atoms with Gasteiger partial charge in [0.05, 0.1) is 16.3 Å². The van der Waals surface area contributed by atoms with Crippen molar-refractivity contribution in [3.8, 4) is 11.8 Å². The Morgan fingerprint density at radius 2 is 1.42 bits per heavy atom. The van der Waals surface area contributed by atoms with Crippen LogP contribution in [-0.4, -0.2) is 14.1 Å². The quantitative estimate of drug-likeness (QED) is 0.238. The average Bonchev–Trinajstić information content (AvgIpc) is 2.70. The van der Waals surface area contributed by atoms with Gasteiger partial charge in [-0.2, -0.15) is 0 Å². The van der Waals surface area contributed by atoms with Crippen LogP contribution >= 0.6 is 22.9 Å². The second-order valence-electron chi connectivity index (χ2n) is 6.68. The highest BCUT2D eigenvalue weighted by Crippen LogP contribution is 2.33. The molecule has 0 saturated carbocycles. The van der Waals surface area contributed by atoms with Gasteiger partial charge in [0.2, 0.25) is 20.7 Å². The summed E-state index contributed by atoms with van der Waals surface area (Å²) in [5.41, 5.74) is 3.20. The summed E-state index contributed by atoms with van der Waals surface area (Å²) >= 11 is 8.03. The Morgan fingerprint density at radius 1 is 0.806 bits per heavy atom. The largest absolute Gasteiger partial charge is 0.378 e. The first-order valence-corrected chi connectivity index (χ1v) is 11.4. The summed E-state index contributed by atoms with van der Waals surface area (Å²) in [6.45, 7) is 0. The molecule has 158 valence electrons. The van der Waals surface area contributed by atoms with Crippen LogP contribution < -0.4 is 23.5 Å². The molecule has 0 radical (unpaired) electrons. The van der Waals surface area contributed by atoms with E-state index >= 15 is 0 Å². The second-order valence-corrected chi connectivity index (χ2v) is 8.96. The molecule has 8 heteroatoms. The fourth-order valence-electron chi connectivity index (χ4n) is 2.92. The van der Waals surface area contributed by atoms with Crippen LogP contribution in [0, 0.1) is 22.1 Å². The first-order chi connectivity index (χ1) is 14.6. The summed E-state index contributed by atoms with van der Waals surface area (Å²) in [6, 6.07) is 22.7. The van der Waals surface area contributed by atoms with E-state index in [1.54, 1.807) is 11.3 Å². The van der Waals surface area contributed by atoms with Crippen LogP contribution in [0.1, 0.15) is 11.1 Å². The summed E-state index contributed by atoms with van der Waals surface area (Å²) in [5.74, 6) is 6.73. The smallest absolute Gasteiger partial charge is 0.240 e. The monoisotopic (exact) mass is 473 g/mol. The van der Waals surface area contributed by atoms with Crippen molar-refractivity contribution < 1.29 is 28.9 Å². The Hall–Kier alpha value is -2.47. The lowest BCUT2D eigenvalue weighted by molar-refractivity contribution is -2.00. The second kappa shape index (κ2) is 9.77. The number of anilines is 1. The van der Waals surface area contributed by atoms with Crippen LogP contribution in [0.2, 0.25) is 5.02 Å². The molecular weight excluding hydrogens is 457 g/mol. The lowest BCUT2D eigenvalue weighted by Crippen LogP contribution is -2.68. The van der Waals surface area contributed by atoms with E-state index < -0.39 is 10.2 Å². The third-order valence-corrected chi connectivity index (χ3v) is 5.69. The van der Waals surface area contributed by atoms with Crippen LogP contribution in [0.25, 0.3) is 20.2 Å². The van der Waals surface area contributed by atoms with Crippen molar-refractivity contribution in [1.29, 1.82) is 0 Å². The highest BCUT2D eigenvalue weighted by molar-refractivity contribution is 7.24. The van der Waals surface area contributed by atoms with Crippen molar-refractivity contribution in [2.24, 2.45) is 0 Å². The third-order valence-electron chi connectivity index (χ3n) is 4.30. The Labute approximate surface area is 191 Å². The van der Waals surface area contributed by atoms with Gasteiger partial charge in [-0.05, 0) is 42.5 Å². The van der Waals surface area contributed by atoms with Crippen LogP contribution in [0.15, 0.2) is 66.7 Å². The molecule has 0 unspecified atom stereocenters.